The molecule has 9 heteroatoms. The molecular formula is C23H19N5O2S2. The molecule has 160 valence electrons. The molecule has 3 aromatic heterocycles. The van der Waals surface area contributed by atoms with Crippen LogP contribution in [0.1, 0.15) is 5.56 Å². The predicted octanol–water partition coefficient (Wildman–Crippen LogP) is 5.37. The van der Waals surface area contributed by atoms with E-state index in [0.717, 1.165) is 28.4 Å². The third-order valence-corrected chi connectivity index (χ3v) is 7.01. The maximum Gasteiger partial charge on any atom is 0.261 e. The summed E-state index contributed by atoms with van der Waals surface area (Å²) in [5, 5.41) is 8.24. The van der Waals surface area contributed by atoms with E-state index in [1.807, 2.05) is 59.1 Å². The number of aromatic nitrogens is 3. The first-order chi connectivity index (χ1) is 15.5. The molecule has 0 aliphatic rings. The monoisotopic (exact) mass is 461 g/mol. The molecule has 0 amide bonds. The number of aryl methyl sites for hydroxylation is 1. The average molecular weight is 462 g/mol. The lowest BCUT2D eigenvalue weighted by molar-refractivity contribution is 0.601. The number of anilines is 4. The second kappa shape index (κ2) is 8.10. The van der Waals surface area contributed by atoms with E-state index in [1.54, 1.807) is 58.4 Å². The van der Waals surface area contributed by atoms with E-state index in [1.165, 1.54) is 0 Å². The van der Waals surface area contributed by atoms with Gasteiger partial charge in [0.2, 0.25) is 0 Å². The van der Waals surface area contributed by atoms with Gasteiger partial charge in [0.15, 0.2) is 5.65 Å². The number of nitrogens with zero attached hydrogens (tertiary/aromatic N) is 4. The van der Waals surface area contributed by atoms with Gasteiger partial charge in [-0.3, -0.25) is 9.62 Å². The fraction of sp³-hybridized carbons (Fsp3) is 0.0435. The molecule has 0 bridgehead atoms. The molecule has 0 aliphatic heterocycles. The fourth-order valence-corrected chi connectivity index (χ4v) is 5.01. The van der Waals surface area contributed by atoms with Gasteiger partial charge in [0, 0.05) is 29.0 Å². The van der Waals surface area contributed by atoms with E-state index >= 15 is 0 Å². The van der Waals surface area contributed by atoms with Crippen molar-refractivity contribution in [1.82, 2.24) is 14.6 Å². The third kappa shape index (κ3) is 3.95. The minimum Gasteiger partial charge on any atom is -0.294 e. The van der Waals surface area contributed by atoms with Gasteiger partial charge in [0.25, 0.3) is 10.0 Å². The molecule has 7 nitrogen and oxygen atoms in total. The SMILES string of the molecule is Cc1ccc(S(=O)(=O)Nc2ccc(N(c3ccsc3)c3ccn4nccc4n3)cc2)cc1. The topological polar surface area (TPSA) is 79.6 Å². The molecular weight excluding hydrogens is 442 g/mol. The molecule has 0 saturated heterocycles. The van der Waals surface area contributed by atoms with Crippen molar-refractivity contribution in [3.63, 3.8) is 0 Å². The van der Waals surface area contributed by atoms with Gasteiger partial charge in [-0.15, -0.1) is 0 Å². The largest absolute Gasteiger partial charge is 0.294 e. The summed E-state index contributed by atoms with van der Waals surface area (Å²) in [6, 6.07) is 19.7. The maximum atomic E-state index is 12.7. The van der Waals surface area contributed by atoms with Crippen LogP contribution >= 0.6 is 11.3 Å². The van der Waals surface area contributed by atoms with E-state index in [-0.39, 0.29) is 4.90 Å². The average Bonchev–Trinajstić information content (AvgIpc) is 3.47. The van der Waals surface area contributed by atoms with Gasteiger partial charge in [-0.1, -0.05) is 17.7 Å². The van der Waals surface area contributed by atoms with Crippen molar-refractivity contribution >= 4 is 49.9 Å². The van der Waals surface area contributed by atoms with Crippen LogP contribution in [-0.4, -0.2) is 23.0 Å². The van der Waals surface area contributed by atoms with Crippen molar-refractivity contribution in [3.8, 4) is 0 Å². The maximum absolute atomic E-state index is 12.7. The molecule has 0 spiro atoms. The number of thiophene rings is 1. The molecule has 2 aromatic carbocycles. The molecule has 5 aromatic rings. The van der Waals surface area contributed by atoms with Crippen LogP contribution < -0.4 is 9.62 Å². The van der Waals surface area contributed by atoms with Crippen LogP contribution in [0.15, 0.2) is 94.8 Å². The summed E-state index contributed by atoms with van der Waals surface area (Å²) < 4.78 is 29.8. The third-order valence-electron chi connectivity index (χ3n) is 4.95. The Kier molecular flexibility index (Phi) is 5.12. The number of hydrogen-bond acceptors (Lipinski definition) is 6. The van der Waals surface area contributed by atoms with E-state index in [0.29, 0.717) is 5.69 Å². The lowest BCUT2D eigenvalue weighted by Gasteiger charge is -2.23. The smallest absolute Gasteiger partial charge is 0.261 e. The zero-order valence-corrected chi connectivity index (χ0v) is 18.7. The Labute approximate surface area is 189 Å². The summed E-state index contributed by atoms with van der Waals surface area (Å²) in [7, 11) is -3.66. The molecule has 0 fully saturated rings. The fourth-order valence-electron chi connectivity index (χ4n) is 3.34. The highest BCUT2D eigenvalue weighted by atomic mass is 32.2. The number of hydrogen-bond donors (Lipinski definition) is 1. The Balaban J connectivity index is 1.46. The van der Waals surface area contributed by atoms with Gasteiger partial charge in [-0.25, -0.2) is 17.9 Å². The molecule has 5 rings (SSSR count). The van der Waals surface area contributed by atoms with Gasteiger partial charge in [0.05, 0.1) is 16.8 Å². The summed E-state index contributed by atoms with van der Waals surface area (Å²) in [6.45, 7) is 1.92. The minimum absolute atomic E-state index is 0.227. The van der Waals surface area contributed by atoms with Crippen molar-refractivity contribution in [2.24, 2.45) is 0 Å². The lowest BCUT2D eigenvalue weighted by Crippen LogP contribution is -2.14. The van der Waals surface area contributed by atoms with Crippen molar-refractivity contribution in [3.05, 3.63) is 95.4 Å². The van der Waals surface area contributed by atoms with Gasteiger partial charge >= 0.3 is 0 Å². The molecule has 0 aliphatic carbocycles. The second-order valence-corrected chi connectivity index (χ2v) is 9.66. The van der Waals surface area contributed by atoms with Gasteiger partial charge in [0.1, 0.15) is 5.82 Å². The summed E-state index contributed by atoms with van der Waals surface area (Å²) in [4.78, 5) is 6.96. The summed E-state index contributed by atoms with van der Waals surface area (Å²) in [5.41, 5.74) is 4.06. The summed E-state index contributed by atoms with van der Waals surface area (Å²) in [6.07, 6.45) is 3.57. The predicted molar refractivity (Wildman–Crippen MR) is 128 cm³/mol. The van der Waals surface area contributed by atoms with Crippen molar-refractivity contribution in [2.45, 2.75) is 11.8 Å². The van der Waals surface area contributed by atoms with Crippen LogP contribution in [0.5, 0.6) is 0 Å². The quantitative estimate of drug-likeness (QED) is 0.368. The molecule has 0 atom stereocenters. The molecule has 0 unspecified atom stereocenters. The van der Waals surface area contributed by atoms with Gasteiger partial charge in [-0.2, -0.15) is 16.4 Å². The number of fused-ring (bicyclic) bond motifs is 1. The second-order valence-electron chi connectivity index (χ2n) is 7.20. The van der Waals surface area contributed by atoms with Crippen LogP contribution in [-0.2, 0) is 10.0 Å². The van der Waals surface area contributed by atoms with E-state index in [4.69, 9.17) is 4.98 Å². The Hall–Kier alpha value is -3.69. The first-order valence-electron chi connectivity index (χ1n) is 9.82. The highest BCUT2D eigenvalue weighted by Crippen LogP contribution is 2.35. The first kappa shape index (κ1) is 20.2. The van der Waals surface area contributed by atoms with Gasteiger partial charge in [-0.05, 0) is 60.8 Å². The molecule has 0 radical (unpaired) electrons. The zero-order chi connectivity index (χ0) is 22.1. The number of benzene rings is 2. The molecule has 32 heavy (non-hydrogen) atoms. The van der Waals surface area contributed by atoms with Gasteiger partial charge < -0.3 is 0 Å². The van der Waals surface area contributed by atoms with Crippen molar-refractivity contribution < 1.29 is 8.42 Å². The highest BCUT2D eigenvalue weighted by Gasteiger charge is 2.17. The number of nitrogens with one attached hydrogen (secondary N) is 1. The van der Waals surface area contributed by atoms with Crippen LogP contribution in [0.2, 0.25) is 0 Å². The van der Waals surface area contributed by atoms with E-state index in [2.05, 4.69) is 9.82 Å². The zero-order valence-electron chi connectivity index (χ0n) is 17.1. The Morgan fingerprint density at radius 1 is 0.938 bits per heavy atom. The van der Waals surface area contributed by atoms with E-state index < -0.39 is 10.0 Å². The normalized spacial score (nSPS) is 11.5. The van der Waals surface area contributed by atoms with Crippen LogP contribution in [0.4, 0.5) is 22.9 Å². The molecule has 1 N–H and O–H groups in total. The standard InChI is InChI=1S/C23H19N5O2S2/c1-17-2-8-21(9-3-17)32(29,30)26-18-4-6-19(7-5-18)28(20-12-15-31-16-20)23-11-14-27-22(25-23)10-13-24-27/h2-16,26H,1H3. The Bertz CT molecular complexity index is 1460. The Morgan fingerprint density at radius 3 is 2.44 bits per heavy atom. The first-order valence-corrected chi connectivity index (χ1v) is 12.2. The number of sulfonamides is 1. The summed E-state index contributed by atoms with van der Waals surface area (Å²) >= 11 is 1.59. The minimum atomic E-state index is -3.66. The number of rotatable bonds is 6. The molecule has 0 saturated carbocycles. The van der Waals surface area contributed by atoms with E-state index in [9.17, 15) is 8.42 Å². The Morgan fingerprint density at radius 2 is 1.72 bits per heavy atom. The molecule has 3 heterocycles. The lowest BCUT2D eigenvalue weighted by atomic mass is 10.2. The summed E-state index contributed by atoms with van der Waals surface area (Å²) in [5.74, 6) is 0.740. The van der Waals surface area contributed by atoms with Crippen LogP contribution in [0, 0.1) is 6.92 Å². The van der Waals surface area contributed by atoms with Crippen LogP contribution in [0.3, 0.4) is 0 Å². The highest BCUT2D eigenvalue weighted by molar-refractivity contribution is 7.92. The van der Waals surface area contributed by atoms with Crippen molar-refractivity contribution in [2.75, 3.05) is 9.62 Å². The van der Waals surface area contributed by atoms with Crippen molar-refractivity contribution in [1.29, 1.82) is 0 Å². The van der Waals surface area contributed by atoms with Crippen LogP contribution in [0.25, 0.3) is 5.65 Å².